The van der Waals surface area contributed by atoms with Gasteiger partial charge >= 0.3 is 0 Å². The van der Waals surface area contributed by atoms with Crippen LogP contribution in [0.1, 0.15) is 25.0 Å². The minimum Gasteiger partial charge on any atom is -0.346 e. The normalized spacial score (nSPS) is 26.0. The lowest BCUT2D eigenvalue weighted by Gasteiger charge is -2.24. The zero-order valence-corrected chi connectivity index (χ0v) is 8.04. The highest BCUT2D eigenvalue weighted by Crippen LogP contribution is 2.36. The van der Waals surface area contributed by atoms with Crippen molar-refractivity contribution >= 4 is 0 Å². The Hall–Kier alpha value is -0.860. The monoisotopic (exact) mass is 178 g/mol. The summed E-state index contributed by atoms with van der Waals surface area (Å²) in [5, 5.41) is 0. The molecule has 0 bridgehead atoms. The molecule has 0 amide bonds. The Labute approximate surface area is 78.5 Å². The van der Waals surface area contributed by atoms with Crippen molar-refractivity contribution in [1.82, 2.24) is 0 Å². The molecule has 70 valence electrons. The number of fused-ring (bicyclic) bond motifs is 1. The second-order valence-corrected chi connectivity index (χ2v) is 3.32. The summed E-state index contributed by atoms with van der Waals surface area (Å²) in [6, 6.07) is 8.20. The van der Waals surface area contributed by atoms with E-state index in [0.29, 0.717) is 13.2 Å². The maximum atomic E-state index is 5.63. The van der Waals surface area contributed by atoms with Gasteiger partial charge in [-0.3, -0.25) is 0 Å². The number of hydrogen-bond donors (Lipinski definition) is 0. The van der Waals surface area contributed by atoms with Gasteiger partial charge in [0, 0.05) is 12.2 Å². The SMILES string of the molecule is CCOC1(C)OCc2ccccc21. The van der Waals surface area contributed by atoms with Crippen LogP contribution in [-0.4, -0.2) is 6.61 Å². The molecular weight excluding hydrogens is 164 g/mol. The molecule has 13 heavy (non-hydrogen) atoms. The summed E-state index contributed by atoms with van der Waals surface area (Å²) in [7, 11) is 0. The van der Waals surface area contributed by atoms with Crippen molar-refractivity contribution in [3.05, 3.63) is 35.4 Å². The fraction of sp³-hybridized carbons (Fsp3) is 0.455. The van der Waals surface area contributed by atoms with Crippen LogP contribution in [-0.2, 0) is 21.9 Å². The Bertz CT molecular complexity index is 305. The van der Waals surface area contributed by atoms with Crippen LogP contribution in [0.25, 0.3) is 0 Å². The maximum absolute atomic E-state index is 5.63. The molecule has 2 nitrogen and oxygen atoms in total. The van der Waals surface area contributed by atoms with Gasteiger partial charge in [0.15, 0.2) is 5.79 Å². The summed E-state index contributed by atoms with van der Waals surface area (Å²) in [6.45, 7) is 5.29. The van der Waals surface area contributed by atoms with Crippen molar-refractivity contribution in [1.29, 1.82) is 0 Å². The van der Waals surface area contributed by atoms with E-state index in [-0.39, 0.29) is 0 Å². The lowest BCUT2D eigenvalue weighted by Crippen LogP contribution is -2.24. The van der Waals surface area contributed by atoms with Gasteiger partial charge < -0.3 is 9.47 Å². The van der Waals surface area contributed by atoms with Crippen LogP contribution in [0.5, 0.6) is 0 Å². The summed E-state index contributed by atoms with van der Waals surface area (Å²) in [5.41, 5.74) is 2.40. The Morgan fingerprint density at radius 2 is 2.23 bits per heavy atom. The van der Waals surface area contributed by atoms with Gasteiger partial charge in [-0.2, -0.15) is 0 Å². The van der Waals surface area contributed by atoms with Crippen LogP contribution < -0.4 is 0 Å². The van der Waals surface area contributed by atoms with Crippen LogP contribution in [0.2, 0.25) is 0 Å². The van der Waals surface area contributed by atoms with E-state index in [1.165, 1.54) is 5.56 Å². The minimum absolute atomic E-state index is 0.522. The smallest absolute Gasteiger partial charge is 0.192 e. The first-order valence-electron chi connectivity index (χ1n) is 4.62. The van der Waals surface area contributed by atoms with E-state index in [0.717, 1.165) is 5.56 Å². The van der Waals surface area contributed by atoms with Crippen LogP contribution in [0.4, 0.5) is 0 Å². The van der Waals surface area contributed by atoms with E-state index in [1.807, 2.05) is 26.0 Å². The fourth-order valence-electron chi connectivity index (χ4n) is 1.78. The van der Waals surface area contributed by atoms with Gasteiger partial charge in [-0.1, -0.05) is 24.3 Å². The second-order valence-electron chi connectivity index (χ2n) is 3.32. The molecule has 0 spiro atoms. The molecule has 0 saturated heterocycles. The predicted octanol–water partition coefficient (Wildman–Crippen LogP) is 2.43. The highest BCUT2D eigenvalue weighted by molar-refractivity contribution is 5.32. The molecule has 0 fully saturated rings. The van der Waals surface area contributed by atoms with Crippen molar-refractivity contribution < 1.29 is 9.47 Å². The van der Waals surface area contributed by atoms with Crippen LogP contribution >= 0.6 is 0 Å². The van der Waals surface area contributed by atoms with Crippen molar-refractivity contribution in [3.8, 4) is 0 Å². The molecule has 0 aromatic heterocycles. The molecule has 1 aromatic rings. The van der Waals surface area contributed by atoms with Crippen LogP contribution in [0, 0.1) is 0 Å². The molecular formula is C11H14O2. The van der Waals surface area contributed by atoms with Gasteiger partial charge in [0.1, 0.15) is 0 Å². The minimum atomic E-state index is -0.522. The fourth-order valence-corrected chi connectivity index (χ4v) is 1.78. The molecule has 0 aliphatic carbocycles. The second kappa shape index (κ2) is 3.13. The Balaban J connectivity index is 2.37. The Morgan fingerprint density at radius 1 is 1.46 bits per heavy atom. The van der Waals surface area contributed by atoms with Gasteiger partial charge in [0.05, 0.1) is 6.61 Å². The zero-order chi connectivity index (χ0) is 9.31. The van der Waals surface area contributed by atoms with Crippen molar-refractivity contribution in [3.63, 3.8) is 0 Å². The highest BCUT2D eigenvalue weighted by atomic mass is 16.7. The third-order valence-electron chi connectivity index (χ3n) is 2.43. The summed E-state index contributed by atoms with van der Waals surface area (Å²) in [6.07, 6.45) is 0. The predicted molar refractivity (Wildman–Crippen MR) is 50.2 cm³/mol. The van der Waals surface area contributed by atoms with E-state index in [9.17, 15) is 0 Å². The van der Waals surface area contributed by atoms with Gasteiger partial charge in [0.2, 0.25) is 0 Å². The van der Waals surface area contributed by atoms with Crippen molar-refractivity contribution in [2.45, 2.75) is 26.2 Å². The molecule has 1 unspecified atom stereocenters. The van der Waals surface area contributed by atoms with E-state index >= 15 is 0 Å². The lowest BCUT2D eigenvalue weighted by atomic mass is 10.0. The number of benzene rings is 1. The molecule has 0 N–H and O–H groups in total. The molecule has 0 radical (unpaired) electrons. The summed E-state index contributed by atoms with van der Waals surface area (Å²) in [4.78, 5) is 0. The third-order valence-corrected chi connectivity index (χ3v) is 2.43. The molecule has 1 heterocycles. The number of ether oxygens (including phenoxy) is 2. The Morgan fingerprint density at radius 3 is 3.00 bits per heavy atom. The molecule has 1 aliphatic heterocycles. The highest BCUT2D eigenvalue weighted by Gasteiger charge is 2.35. The molecule has 2 rings (SSSR count). The van der Waals surface area contributed by atoms with Crippen LogP contribution in [0.15, 0.2) is 24.3 Å². The third kappa shape index (κ3) is 1.36. The molecule has 1 aliphatic rings. The van der Waals surface area contributed by atoms with E-state index in [2.05, 4.69) is 12.1 Å². The first-order valence-corrected chi connectivity index (χ1v) is 4.62. The molecule has 1 aromatic carbocycles. The summed E-state index contributed by atoms with van der Waals surface area (Å²) in [5.74, 6) is -0.522. The maximum Gasteiger partial charge on any atom is 0.192 e. The average Bonchev–Trinajstić information content (AvgIpc) is 2.46. The lowest BCUT2D eigenvalue weighted by molar-refractivity contribution is -0.223. The molecule has 1 atom stereocenters. The first kappa shape index (κ1) is 8.73. The first-order chi connectivity index (χ1) is 6.26. The zero-order valence-electron chi connectivity index (χ0n) is 8.04. The Kier molecular flexibility index (Phi) is 2.10. The standard InChI is InChI=1S/C11H14O2/c1-3-12-11(2)10-7-5-4-6-9(10)8-13-11/h4-7H,3,8H2,1-2H3. The van der Waals surface area contributed by atoms with E-state index in [4.69, 9.17) is 9.47 Å². The van der Waals surface area contributed by atoms with Gasteiger partial charge in [-0.25, -0.2) is 0 Å². The number of rotatable bonds is 2. The largest absolute Gasteiger partial charge is 0.346 e. The number of hydrogen-bond acceptors (Lipinski definition) is 2. The van der Waals surface area contributed by atoms with Crippen molar-refractivity contribution in [2.24, 2.45) is 0 Å². The summed E-state index contributed by atoms with van der Waals surface area (Å²) < 4.78 is 11.2. The molecule has 0 saturated carbocycles. The topological polar surface area (TPSA) is 18.5 Å². The quantitative estimate of drug-likeness (QED) is 0.692. The van der Waals surface area contributed by atoms with Crippen LogP contribution in [0.3, 0.4) is 0 Å². The van der Waals surface area contributed by atoms with E-state index < -0.39 is 5.79 Å². The van der Waals surface area contributed by atoms with Crippen molar-refractivity contribution in [2.75, 3.05) is 6.61 Å². The average molecular weight is 178 g/mol. The van der Waals surface area contributed by atoms with Gasteiger partial charge in [-0.05, 0) is 19.4 Å². The van der Waals surface area contributed by atoms with Gasteiger partial charge in [-0.15, -0.1) is 0 Å². The summed E-state index contributed by atoms with van der Waals surface area (Å²) >= 11 is 0. The van der Waals surface area contributed by atoms with Gasteiger partial charge in [0.25, 0.3) is 0 Å². The molecule has 2 heteroatoms. The van der Waals surface area contributed by atoms with E-state index in [1.54, 1.807) is 0 Å².